The van der Waals surface area contributed by atoms with Gasteiger partial charge in [-0.2, -0.15) is 4.31 Å². The molecule has 0 bridgehead atoms. The number of hydrogen-bond donors (Lipinski definition) is 0. The Morgan fingerprint density at radius 2 is 1.47 bits per heavy atom. The van der Waals surface area contributed by atoms with Crippen molar-refractivity contribution in [3.63, 3.8) is 0 Å². The van der Waals surface area contributed by atoms with Crippen LogP contribution in [0.5, 0.6) is 0 Å². The highest BCUT2D eigenvalue weighted by Gasteiger charge is 2.26. The quantitative estimate of drug-likeness (QED) is 0.337. The van der Waals surface area contributed by atoms with E-state index in [0.29, 0.717) is 10.6 Å². The summed E-state index contributed by atoms with van der Waals surface area (Å²) in [5, 5.41) is 1.67. The van der Waals surface area contributed by atoms with Crippen molar-refractivity contribution in [2.24, 2.45) is 0 Å². The second-order valence-corrected chi connectivity index (χ2v) is 9.58. The van der Waals surface area contributed by atoms with E-state index in [1.54, 1.807) is 12.1 Å². The molecule has 0 saturated carbocycles. The van der Waals surface area contributed by atoms with Gasteiger partial charge in [-0.15, -0.1) is 0 Å². The lowest BCUT2D eigenvalue weighted by atomic mass is 10.1. The van der Waals surface area contributed by atoms with Crippen LogP contribution in [-0.2, 0) is 23.1 Å². The molecule has 0 unspecified atom stereocenters. The first-order chi connectivity index (χ1) is 14.4. The molecule has 4 rings (SSSR count). The van der Waals surface area contributed by atoms with Gasteiger partial charge in [-0.05, 0) is 42.0 Å². The van der Waals surface area contributed by atoms with Gasteiger partial charge in [-0.1, -0.05) is 71.7 Å². The van der Waals surface area contributed by atoms with Crippen LogP contribution in [0.3, 0.4) is 0 Å². The van der Waals surface area contributed by atoms with Crippen LogP contribution in [0.4, 0.5) is 0 Å². The smallest absolute Gasteiger partial charge is 0.236 e. The van der Waals surface area contributed by atoms with Crippen LogP contribution in [0.15, 0.2) is 89.8 Å². The number of benzene rings is 3. The van der Waals surface area contributed by atoms with E-state index in [2.05, 4.69) is 4.98 Å². The van der Waals surface area contributed by atoms with E-state index >= 15 is 0 Å². The molecule has 0 saturated heterocycles. The predicted octanol–water partition coefficient (Wildman–Crippen LogP) is 5.93. The van der Waals surface area contributed by atoms with Crippen molar-refractivity contribution in [1.82, 2.24) is 9.29 Å². The molecule has 3 aromatic carbocycles. The predicted molar refractivity (Wildman–Crippen MR) is 121 cm³/mol. The van der Waals surface area contributed by atoms with Gasteiger partial charge in [0, 0.05) is 29.1 Å². The van der Waals surface area contributed by atoms with E-state index in [4.69, 9.17) is 23.2 Å². The molecule has 152 valence electrons. The third-order valence-electron chi connectivity index (χ3n) is 4.75. The SMILES string of the molecule is O=S(=O)(c1ccc(Cl)cc1)N(Cc1ccccc1)Cc1cc2ccccc2nc1Cl. The van der Waals surface area contributed by atoms with Gasteiger partial charge in [-0.25, -0.2) is 13.4 Å². The van der Waals surface area contributed by atoms with E-state index in [1.807, 2.05) is 60.7 Å². The zero-order valence-corrected chi connectivity index (χ0v) is 18.2. The van der Waals surface area contributed by atoms with Gasteiger partial charge in [-0.3, -0.25) is 0 Å². The third-order valence-corrected chi connectivity index (χ3v) is 7.14. The molecule has 4 aromatic rings. The van der Waals surface area contributed by atoms with Crippen LogP contribution in [0.2, 0.25) is 10.2 Å². The average Bonchev–Trinajstić information content (AvgIpc) is 2.75. The molecular formula is C23H18Cl2N2O2S. The number of sulfonamides is 1. The van der Waals surface area contributed by atoms with Crippen LogP contribution in [-0.4, -0.2) is 17.7 Å². The lowest BCUT2D eigenvalue weighted by Gasteiger charge is -2.23. The first kappa shape index (κ1) is 20.8. The first-order valence-electron chi connectivity index (χ1n) is 9.27. The Bertz CT molecular complexity index is 1280. The highest BCUT2D eigenvalue weighted by molar-refractivity contribution is 7.89. The molecule has 1 heterocycles. The molecule has 0 aliphatic carbocycles. The molecule has 0 aliphatic rings. The fourth-order valence-electron chi connectivity index (χ4n) is 3.21. The second-order valence-electron chi connectivity index (χ2n) is 6.84. The summed E-state index contributed by atoms with van der Waals surface area (Å²) in [6.45, 7) is 0.297. The highest BCUT2D eigenvalue weighted by atomic mass is 35.5. The fourth-order valence-corrected chi connectivity index (χ4v) is 4.94. The number of halogens is 2. The van der Waals surface area contributed by atoms with Crippen molar-refractivity contribution in [1.29, 1.82) is 0 Å². The summed E-state index contributed by atoms with van der Waals surface area (Å²) >= 11 is 12.4. The summed E-state index contributed by atoms with van der Waals surface area (Å²) < 4.78 is 28.3. The molecular weight excluding hydrogens is 439 g/mol. The van der Waals surface area contributed by atoms with Crippen molar-refractivity contribution in [3.05, 3.63) is 106 Å². The van der Waals surface area contributed by atoms with E-state index < -0.39 is 10.0 Å². The van der Waals surface area contributed by atoms with Crippen molar-refractivity contribution in [2.75, 3.05) is 0 Å². The van der Waals surface area contributed by atoms with Crippen molar-refractivity contribution < 1.29 is 8.42 Å². The van der Waals surface area contributed by atoms with Crippen molar-refractivity contribution >= 4 is 44.1 Å². The second kappa shape index (κ2) is 8.74. The minimum atomic E-state index is -3.80. The summed E-state index contributed by atoms with van der Waals surface area (Å²) in [5.74, 6) is 0. The maximum atomic E-state index is 13.4. The summed E-state index contributed by atoms with van der Waals surface area (Å²) in [6.07, 6.45) is 0. The van der Waals surface area contributed by atoms with Gasteiger partial charge in [0.2, 0.25) is 10.0 Å². The van der Waals surface area contributed by atoms with Gasteiger partial charge >= 0.3 is 0 Å². The van der Waals surface area contributed by atoms with Gasteiger partial charge < -0.3 is 0 Å². The van der Waals surface area contributed by atoms with Gasteiger partial charge in [0.15, 0.2) is 0 Å². The minimum Gasteiger partial charge on any atom is -0.236 e. The van der Waals surface area contributed by atoms with Crippen LogP contribution >= 0.6 is 23.2 Å². The Balaban J connectivity index is 1.75. The van der Waals surface area contributed by atoms with E-state index in [1.165, 1.54) is 16.4 Å². The number of pyridine rings is 1. The number of para-hydroxylation sites is 1. The molecule has 1 aromatic heterocycles. The molecule has 0 atom stereocenters. The molecule has 0 fully saturated rings. The summed E-state index contributed by atoms with van der Waals surface area (Å²) in [6, 6.07) is 25.1. The summed E-state index contributed by atoms with van der Waals surface area (Å²) in [4.78, 5) is 4.60. The molecule has 0 spiro atoms. The Kier molecular flexibility index (Phi) is 6.06. The normalized spacial score (nSPS) is 11.8. The first-order valence-corrected chi connectivity index (χ1v) is 11.5. The fraction of sp³-hybridized carbons (Fsp3) is 0.0870. The van der Waals surface area contributed by atoms with Gasteiger partial charge in [0.1, 0.15) is 5.15 Å². The number of rotatable bonds is 6. The van der Waals surface area contributed by atoms with E-state index in [-0.39, 0.29) is 23.1 Å². The zero-order valence-electron chi connectivity index (χ0n) is 15.9. The number of fused-ring (bicyclic) bond motifs is 1. The largest absolute Gasteiger partial charge is 0.243 e. The van der Waals surface area contributed by atoms with Crippen molar-refractivity contribution in [3.8, 4) is 0 Å². The monoisotopic (exact) mass is 456 g/mol. The van der Waals surface area contributed by atoms with Gasteiger partial charge in [0.25, 0.3) is 0 Å². The highest BCUT2D eigenvalue weighted by Crippen LogP contribution is 2.27. The Labute approximate surface area is 185 Å². The standard InChI is InChI=1S/C23H18Cl2N2O2S/c24-20-10-12-21(13-11-20)30(28,29)27(15-17-6-2-1-3-7-17)16-19-14-18-8-4-5-9-22(18)26-23(19)25/h1-14H,15-16H2. The third kappa shape index (κ3) is 4.50. The van der Waals surface area contributed by atoms with Crippen LogP contribution in [0, 0.1) is 0 Å². The number of hydrogen-bond acceptors (Lipinski definition) is 3. The molecule has 0 radical (unpaired) electrons. The lowest BCUT2D eigenvalue weighted by molar-refractivity contribution is 0.401. The molecule has 0 amide bonds. The minimum absolute atomic E-state index is 0.0938. The van der Waals surface area contributed by atoms with Crippen molar-refractivity contribution in [2.45, 2.75) is 18.0 Å². The van der Waals surface area contributed by atoms with Crippen LogP contribution in [0.1, 0.15) is 11.1 Å². The Hall–Kier alpha value is -2.44. The Morgan fingerprint density at radius 3 is 2.20 bits per heavy atom. The Morgan fingerprint density at radius 1 is 0.800 bits per heavy atom. The maximum Gasteiger partial charge on any atom is 0.243 e. The van der Waals surface area contributed by atoms with Crippen LogP contribution < -0.4 is 0 Å². The molecule has 4 nitrogen and oxygen atoms in total. The average molecular weight is 457 g/mol. The zero-order chi connectivity index (χ0) is 21.1. The molecule has 7 heteroatoms. The van der Waals surface area contributed by atoms with Gasteiger partial charge in [0.05, 0.1) is 10.4 Å². The lowest BCUT2D eigenvalue weighted by Crippen LogP contribution is -2.30. The topological polar surface area (TPSA) is 50.3 Å². The maximum absolute atomic E-state index is 13.4. The molecule has 0 aliphatic heterocycles. The number of aromatic nitrogens is 1. The summed E-state index contributed by atoms with van der Waals surface area (Å²) in [5.41, 5.74) is 2.28. The molecule has 30 heavy (non-hydrogen) atoms. The van der Waals surface area contributed by atoms with Crippen LogP contribution in [0.25, 0.3) is 10.9 Å². The molecule has 0 N–H and O–H groups in total. The van der Waals surface area contributed by atoms with E-state index in [0.717, 1.165) is 16.5 Å². The van der Waals surface area contributed by atoms with E-state index in [9.17, 15) is 8.42 Å². The summed E-state index contributed by atoms with van der Waals surface area (Å²) in [7, 11) is -3.80. The number of nitrogens with zero attached hydrogens (tertiary/aromatic N) is 2.